The molecular weight excluding hydrogens is 590 g/mol. The number of nitrogens with zero attached hydrogens (tertiary/aromatic N) is 2. The average molecular weight is 630 g/mol. The molecule has 45 heavy (non-hydrogen) atoms. The molecule has 1 atom stereocenters. The van der Waals surface area contributed by atoms with Crippen molar-refractivity contribution >= 4 is 27.5 Å². The Kier molecular flexibility index (Phi) is 11.2. The Morgan fingerprint density at radius 3 is 2.02 bits per heavy atom. The maximum atomic E-state index is 14.4. The standard InChI is InChI=1S/C35H39N3O6S/c1-5-36-35(40)31(22-27-12-8-6-9-13-27)37(24-28-18-16-26(2)17-19-28)34(39)25-38(29-14-10-7-11-15-29)45(41,42)30-20-21-32(43-3)33(23-30)44-4/h6-21,23,31H,5,22,24-25H2,1-4H3,(H,36,40)/t31-/m1/s1. The number of methoxy groups -OCH3 is 2. The third-order valence-corrected chi connectivity index (χ3v) is 9.13. The lowest BCUT2D eigenvalue weighted by Crippen LogP contribution is -2.53. The summed E-state index contributed by atoms with van der Waals surface area (Å²) >= 11 is 0. The summed E-state index contributed by atoms with van der Waals surface area (Å²) in [6.45, 7) is 3.72. The average Bonchev–Trinajstić information content (AvgIpc) is 3.06. The van der Waals surface area contributed by atoms with Gasteiger partial charge in [-0.25, -0.2) is 8.42 Å². The number of carbonyl (C=O) groups is 2. The third kappa shape index (κ3) is 8.21. The number of para-hydroxylation sites is 1. The van der Waals surface area contributed by atoms with Crippen LogP contribution >= 0.6 is 0 Å². The summed E-state index contributed by atoms with van der Waals surface area (Å²) in [5.41, 5.74) is 3.03. The van der Waals surface area contributed by atoms with Crippen molar-refractivity contribution in [3.05, 3.63) is 120 Å². The normalized spacial score (nSPS) is 11.7. The zero-order chi connectivity index (χ0) is 32.4. The molecule has 9 nitrogen and oxygen atoms in total. The van der Waals surface area contributed by atoms with Gasteiger partial charge in [0.1, 0.15) is 12.6 Å². The number of carbonyl (C=O) groups excluding carboxylic acids is 2. The van der Waals surface area contributed by atoms with Gasteiger partial charge in [-0.3, -0.25) is 13.9 Å². The highest BCUT2D eigenvalue weighted by atomic mass is 32.2. The number of benzene rings is 4. The summed E-state index contributed by atoms with van der Waals surface area (Å²) in [5, 5.41) is 2.87. The van der Waals surface area contributed by atoms with Gasteiger partial charge in [-0.2, -0.15) is 0 Å². The summed E-state index contributed by atoms with van der Waals surface area (Å²) in [6.07, 6.45) is 0.248. The number of anilines is 1. The fourth-order valence-electron chi connectivity index (χ4n) is 4.96. The highest BCUT2D eigenvalue weighted by Crippen LogP contribution is 2.32. The summed E-state index contributed by atoms with van der Waals surface area (Å²) in [5.74, 6) is -0.252. The molecule has 2 amide bonds. The largest absolute Gasteiger partial charge is 0.493 e. The number of nitrogens with one attached hydrogen (secondary N) is 1. The molecule has 4 rings (SSSR count). The SMILES string of the molecule is CCNC(=O)[C@@H](Cc1ccccc1)N(Cc1ccc(C)cc1)C(=O)CN(c1ccccc1)S(=O)(=O)c1ccc(OC)c(OC)c1. The summed E-state index contributed by atoms with van der Waals surface area (Å²) in [4.78, 5) is 29.4. The van der Waals surface area contributed by atoms with E-state index in [0.29, 0.717) is 18.0 Å². The fraction of sp³-hybridized carbons (Fsp3) is 0.257. The zero-order valence-corrected chi connectivity index (χ0v) is 26.8. The van der Waals surface area contributed by atoms with Gasteiger partial charge in [-0.15, -0.1) is 0 Å². The smallest absolute Gasteiger partial charge is 0.264 e. The van der Waals surface area contributed by atoms with Crippen molar-refractivity contribution in [1.82, 2.24) is 10.2 Å². The van der Waals surface area contributed by atoms with E-state index in [-0.39, 0.29) is 29.5 Å². The lowest BCUT2D eigenvalue weighted by atomic mass is 10.0. The van der Waals surface area contributed by atoms with Gasteiger partial charge in [-0.05, 0) is 49.2 Å². The van der Waals surface area contributed by atoms with E-state index in [0.717, 1.165) is 21.0 Å². The minimum absolute atomic E-state index is 0.0774. The van der Waals surface area contributed by atoms with Crippen molar-refractivity contribution in [3.63, 3.8) is 0 Å². The lowest BCUT2D eigenvalue weighted by molar-refractivity contribution is -0.140. The topological polar surface area (TPSA) is 105 Å². The maximum absolute atomic E-state index is 14.4. The number of rotatable bonds is 14. The summed E-state index contributed by atoms with van der Waals surface area (Å²) in [7, 11) is -1.40. The van der Waals surface area contributed by atoms with Gasteiger partial charge in [-0.1, -0.05) is 78.4 Å². The van der Waals surface area contributed by atoms with Crippen molar-refractivity contribution in [2.75, 3.05) is 31.6 Å². The minimum Gasteiger partial charge on any atom is -0.493 e. The number of likely N-dealkylation sites (N-methyl/N-ethyl adjacent to an activating group) is 1. The molecule has 0 saturated carbocycles. The second kappa shape index (κ2) is 15.3. The van der Waals surface area contributed by atoms with E-state index in [1.165, 1.54) is 37.3 Å². The van der Waals surface area contributed by atoms with Gasteiger partial charge in [0, 0.05) is 25.6 Å². The molecule has 0 aromatic heterocycles. The quantitative estimate of drug-likeness (QED) is 0.211. The van der Waals surface area contributed by atoms with Crippen molar-refractivity contribution < 1.29 is 27.5 Å². The molecule has 0 aliphatic rings. The molecule has 0 saturated heterocycles. The highest BCUT2D eigenvalue weighted by molar-refractivity contribution is 7.92. The van der Waals surface area contributed by atoms with E-state index in [1.54, 1.807) is 30.3 Å². The molecule has 4 aromatic carbocycles. The molecule has 0 bridgehead atoms. The van der Waals surface area contributed by atoms with Crippen LogP contribution in [0.1, 0.15) is 23.6 Å². The van der Waals surface area contributed by atoms with Crippen LogP contribution < -0.4 is 19.1 Å². The van der Waals surface area contributed by atoms with E-state index in [2.05, 4.69) is 5.32 Å². The number of hydrogen-bond donors (Lipinski definition) is 1. The Bertz CT molecular complexity index is 1680. The van der Waals surface area contributed by atoms with Gasteiger partial charge >= 0.3 is 0 Å². The molecule has 0 fully saturated rings. The fourth-order valence-corrected chi connectivity index (χ4v) is 6.39. The molecular formula is C35H39N3O6S. The van der Waals surface area contributed by atoms with Crippen molar-refractivity contribution in [2.45, 2.75) is 37.8 Å². The van der Waals surface area contributed by atoms with Crippen LogP contribution in [0.25, 0.3) is 0 Å². The van der Waals surface area contributed by atoms with E-state index in [9.17, 15) is 18.0 Å². The zero-order valence-electron chi connectivity index (χ0n) is 26.0. The van der Waals surface area contributed by atoms with Crippen LogP contribution in [0.4, 0.5) is 5.69 Å². The molecule has 0 unspecified atom stereocenters. The van der Waals surface area contributed by atoms with Gasteiger partial charge in [0.05, 0.1) is 24.8 Å². The van der Waals surface area contributed by atoms with Crippen molar-refractivity contribution in [3.8, 4) is 11.5 Å². The van der Waals surface area contributed by atoms with E-state index in [4.69, 9.17) is 9.47 Å². The van der Waals surface area contributed by atoms with Crippen LogP contribution in [-0.4, -0.2) is 58.5 Å². The number of ether oxygens (including phenoxy) is 2. The number of aryl methyl sites for hydroxylation is 1. The van der Waals surface area contributed by atoms with Gasteiger partial charge in [0.25, 0.3) is 10.0 Å². The molecule has 0 aliphatic heterocycles. The summed E-state index contributed by atoms with van der Waals surface area (Å²) < 4.78 is 40.2. The Hall–Kier alpha value is -4.83. The molecule has 0 heterocycles. The molecule has 0 radical (unpaired) electrons. The number of hydrogen-bond acceptors (Lipinski definition) is 6. The van der Waals surface area contributed by atoms with E-state index >= 15 is 0 Å². The first kappa shape index (κ1) is 33.1. The van der Waals surface area contributed by atoms with Gasteiger partial charge < -0.3 is 19.7 Å². The van der Waals surface area contributed by atoms with E-state index < -0.39 is 28.5 Å². The first-order valence-electron chi connectivity index (χ1n) is 14.6. The molecule has 236 valence electrons. The summed E-state index contributed by atoms with van der Waals surface area (Å²) in [6, 6.07) is 28.9. The number of amides is 2. The van der Waals surface area contributed by atoms with Crippen LogP contribution in [0, 0.1) is 6.92 Å². The van der Waals surface area contributed by atoms with Gasteiger partial charge in [0.2, 0.25) is 11.8 Å². The van der Waals surface area contributed by atoms with Crippen molar-refractivity contribution in [2.24, 2.45) is 0 Å². The van der Waals surface area contributed by atoms with Crippen LogP contribution in [0.5, 0.6) is 11.5 Å². The predicted molar refractivity (Wildman–Crippen MR) is 175 cm³/mol. The Balaban J connectivity index is 1.79. The van der Waals surface area contributed by atoms with E-state index in [1.807, 2.05) is 68.4 Å². The predicted octanol–water partition coefficient (Wildman–Crippen LogP) is 4.98. The van der Waals surface area contributed by atoms with Crippen LogP contribution in [0.2, 0.25) is 0 Å². The molecule has 0 spiro atoms. The monoisotopic (exact) mass is 629 g/mol. The maximum Gasteiger partial charge on any atom is 0.264 e. The Morgan fingerprint density at radius 2 is 1.42 bits per heavy atom. The van der Waals surface area contributed by atoms with Crippen molar-refractivity contribution in [1.29, 1.82) is 0 Å². The Morgan fingerprint density at radius 1 is 0.800 bits per heavy atom. The van der Waals surface area contributed by atoms with Crippen LogP contribution in [0.15, 0.2) is 108 Å². The molecule has 1 N–H and O–H groups in total. The second-order valence-electron chi connectivity index (χ2n) is 10.5. The minimum atomic E-state index is -4.28. The Labute approximate surface area is 265 Å². The van der Waals surface area contributed by atoms with Gasteiger partial charge in [0.15, 0.2) is 11.5 Å². The first-order valence-corrected chi connectivity index (χ1v) is 16.1. The second-order valence-corrected chi connectivity index (χ2v) is 12.3. The van der Waals surface area contributed by atoms with Crippen LogP contribution in [-0.2, 0) is 32.6 Å². The highest BCUT2D eigenvalue weighted by Gasteiger charge is 2.34. The molecule has 0 aliphatic carbocycles. The lowest BCUT2D eigenvalue weighted by Gasteiger charge is -2.34. The third-order valence-electron chi connectivity index (χ3n) is 7.36. The molecule has 10 heteroatoms. The number of sulfonamides is 1. The first-order chi connectivity index (χ1) is 21.7. The molecule has 4 aromatic rings. The van der Waals surface area contributed by atoms with Crippen LogP contribution in [0.3, 0.4) is 0 Å².